The topological polar surface area (TPSA) is 24.7 Å². The largest absolute Gasteiger partial charge is 0.222 e. The molecule has 0 radical (unpaired) electrons. The van der Waals surface area contributed by atoms with Crippen LogP contribution in [0.25, 0.3) is 0 Å². The van der Waals surface area contributed by atoms with Gasteiger partial charge >= 0.3 is 0 Å². The molecular weight excluding hydrogens is 280 g/mol. The molecule has 2 saturated carbocycles. The SMILES string of the molecule is CCC1CCCC(CC)C1N=C=NC1C(CC)CCCC1CC. The quantitative estimate of drug-likeness (QED) is 0.508. The number of nitrogens with zero attached hydrogens (tertiary/aromatic N) is 2. The molecule has 0 saturated heterocycles. The van der Waals surface area contributed by atoms with Crippen molar-refractivity contribution in [2.75, 3.05) is 0 Å². The normalized spacial score (nSPS) is 37.9. The number of hydrogen-bond acceptors (Lipinski definition) is 2. The maximum Gasteiger partial charge on any atom is 0.0898 e. The number of hydrogen-bond donors (Lipinski definition) is 0. The number of rotatable bonds is 6. The van der Waals surface area contributed by atoms with Crippen LogP contribution in [0.5, 0.6) is 0 Å². The summed E-state index contributed by atoms with van der Waals surface area (Å²) < 4.78 is 0. The fraction of sp³-hybridized carbons (Fsp3) is 0.952. The zero-order valence-electron chi connectivity index (χ0n) is 15.9. The molecule has 0 aromatic heterocycles. The van der Waals surface area contributed by atoms with Crippen LogP contribution in [-0.2, 0) is 0 Å². The van der Waals surface area contributed by atoms with Gasteiger partial charge in [-0.05, 0) is 49.4 Å². The van der Waals surface area contributed by atoms with Gasteiger partial charge in [0.25, 0.3) is 0 Å². The third kappa shape index (κ3) is 4.69. The number of aliphatic imine (C=N–C) groups is 2. The van der Waals surface area contributed by atoms with Crippen LogP contribution >= 0.6 is 0 Å². The Morgan fingerprint density at radius 1 is 0.609 bits per heavy atom. The first kappa shape index (κ1) is 18.7. The summed E-state index contributed by atoms with van der Waals surface area (Å²) in [5, 5.41) is 0. The molecule has 2 aliphatic rings. The van der Waals surface area contributed by atoms with Crippen LogP contribution in [0.15, 0.2) is 9.98 Å². The van der Waals surface area contributed by atoms with E-state index < -0.39 is 0 Å². The molecule has 2 fully saturated rings. The van der Waals surface area contributed by atoms with E-state index in [0.717, 1.165) is 23.7 Å². The molecule has 0 bridgehead atoms. The van der Waals surface area contributed by atoms with Gasteiger partial charge in [0.2, 0.25) is 0 Å². The molecule has 0 aromatic rings. The van der Waals surface area contributed by atoms with Crippen LogP contribution in [0.2, 0.25) is 0 Å². The summed E-state index contributed by atoms with van der Waals surface area (Å²) in [4.78, 5) is 9.81. The second-order valence-electron chi connectivity index (χ2n) is 7.87. The summed E-state index contributed by atoms with van der Waals surface area (Å²) in [6.45, 7) is 9.29. The Kier molecular flexibility index (Phi) is 7.83. The molecule has 2 nitrogen and oxygen atoms in total. The second kappa shape index (κ2) is 9.62. The van der Waals surface area contributed by atoms with Crippen molar-refractivity contribution in [1.29, 1.82) is 0 Å². The van der Waals surface area contributed by atoms with Crippen molar-refractivity contribution in [3.05, 3.63) is 0 Å². The Morgan fingerprint density at radius 2 is 0.913 bits per heavy atom. The van der Waals surface area contributed by atoms with Crippen LogP contribution in [0.1, 0.15) is 91.9 Å². The lowest BCUT2D eigenvalue weighted by molar-refractivity contribution is 0.208. The highest BCUT2D eigenvalue weighted by Gasteiger charge is 2.32. The van der Waals surface area contributed by atoms with Gasteiger partial charge in [-0.15, -0.1) is 0 Å². The van der Waals surface area contributed by atoms with E-state index in [0.29, 0.717) is 12.1 Å². The minimum Gasteiger partial charge on any atom is -0.222 e. The molecule has 23 heavy (non-hydrogen) atoms. The standard InChI is InChI=1S/C21H38N2/c1-5-16-11-9-12-17(6-2)20(16)22-15-23-21-18(7-3)13-10-14-19(21)8-4/h16-21H,5-14H2,1-4H3. The van der Waals surface area contributed by atoms with Gasteiger partial charge in [0.1, 0.15) is 0 Å². The summed E-state index contributed by atoms with van der Waals surface area (Å²) in [7, 11) is 0. The molecular formula is C21H38N2. The molecule has 4 atom stereocenters. The van der Waals surface area contributed by atoms with Gasteiger partial charge in [-0.25, -0.2) is 9.98 Å². The van der Waals surface area contributed by atoms with Gasteiger partial charge in [-0.3, -0.25) is 0 Å². The summed E-state index contributed by atoms with van der Waals surface area (Å²) in [6.07, 6.45) is 13.2. The molecule has 0 spiro atoms. The Bertz CT molecular complexity index is 339. The fourth-order valence-corrected chi connectivity index (χ4v) is 5.11. The molecule has 0 N–H and O–H groups in total. The van der Waals surface area contributed by atoms with Crippen molar-refractivity contribution in [1.82, 2.24) is 0 Å². The van der Waals surface area contributed by atoms with E-state index in [1.165, 1.54) is 64.2 Å². The molecule has 0 aliphatic heterocycles. The van der Waals surface area contributed by atoms with Crippen molar-refractivity contribution in [3.63, 3.8) is 0 Å². The van der Waals surface area contributed by atoms with Crippen LogP contribution in [0.3, 0.4) is 0 Å². The van der Waals surface area contributed by atoms with Crippen molar-refractivity contribution in [2.45, 2.75) is 104 Å². The van der Waals surface area contributed by atoms with Crippen LogP contribution in [0, 0.1) is 23.7 Å². The third-order valence-electron chi connectivity index (χ3n) is 6.74. The second-order valence-corrected chi connectivity index (χ2v) is 7.87. The highest BCUT2D eigenvalue weighted by atomic mass is 14.9. The van der Waals surface area contributed by atoms with E-state index in [9.17, 15) is 0 Å². The Morgan fingerprint density at radius 3 is 1.17 bits per heavy atom. The van der Waals surface area contributed by atoms with E-state index in [4.69, 9.17) is 9.98 Å². The first-order valence-electron chi connectivity index (χ1n) is 10.4. The lowest BCUT2D eigenvalue weighted by Crippen LogP contribution is -2.32. The van der Waals surface area contributed by atoms with Gasteiger partial charge in [0.05, 0.1) is 18.1 Å². The van der Waals surface area contributed by atoms with Crippen LogP contribution in [0.4, 0.5) is 0 Å². The van der Waals surface area contributed by atoms with E-state index in [1.807, 2.05) is 0 Å². The zero-order valence-corrected chi connectivity index (χ0v) is 15.9. The molecule has 2 heteroatoms. The first-order valence-corrected chi connectivity index (χ1v) is 10.4. The minimum absolute atomic E-state index is 0.478. The summed E-state index contributed by atoms with van der Waals surface area (Å²) in [6, 6.07) is 4.19. The average Bonchev–Trinajstić information content (AvgIpc) is 2.61. The summed E-state index contributed by atoms with van der Waals surface area (Å²) in [5.74, 6) is 3.02. The predicted octanol–water partition coefficient (Wildman–Crippen LogP) is 6.37. The van der Waals surface area contributed by atoms with E-state index in [1.54, 1.807) is 0 Å². The molecule has 2 aliphatic carbocycles. The predicted molar refractivity (Wildman–Crippen MR) is 100 cm³/mol. The third-order valence-corrected chi connectivity index (χ3v) is 6.74. The highest BCUT2D eigenvalue weighted by Crippen LogP contribution is 2.36. The fourth-order valence-electron chi connectivity index (χ4n) is 5.11. The van der Waals surface area contributed by atoms with Crippen LogP contribution < -0.4 is 0 Å². The van der Waals surface area contributed by atoms with Gasteiger partial charge in [0, 0.05) is 0 Å². The van der Waals surface area contributed by atoms with Gasteiger partial charge in [0.15, 0.2) is 0 Å². The molecule has 0 aromatic carbocycles. The van der Waals surface area contributed by atoms with Gasteiger partial charge < -0.3 is 0 Å². The first-order chi connectivity index (χ1) is 11.2. The van der Waals surface area contributed by atoms with Crippen molar-refractivity contribution >= 4 is 6.01 Å². The molecule has 0 heterocycles. The summed E-state index contributed by atoms with van der Waals surface area (Å²) >= 11 is 0. The van der Waals surface area contributed by atoms with Gasteiger partial charge in [-0.1, -0.05) is 66.2 Å². The highest BCUT2D eigenvalue weighted by molar-refractivity contribution is 5.42. The molecule has 4 unspecified atom stereocenters. The van der Waals surface area contributed by atoms with Crippen molar-refractivity contribution in [3.8, 4) is 0 Å². The van der Waals surface area contributed by atoms with Crippen molar-refractivity contribution < 1.29 is 0 Å². The summed E-state index contributed by atoms with van der Waals surface area (Å²) in [5.41, 5.74) is 0. The Labute approximate surface area is 144 Å². The molecule has 2 rings (SSSR count). The smallest absolute Gasteiger partial charge is 0.0898 e. The molecule has 0 amide bonds. The maximum absolute atomic E-state index is 4.90. The Hall–Kier alpha value is -0.620. The lowest BCUT2D eigenvalue weighted by atomic mass is 9.75. The van der Waals surface area contributed by atoms with E-state index in [-0.39, 0.29) is 0 Å². The Balaban J connectivity index is 2.12. The lowest BCUT2D eigenvalue weighted by Gasteiger charge is -2.35. The zero-order chi connectivity index (χ0) is 16.7. The van der Waals surface area contributed by atoms with Crippen molar-refractivity contribution in [2.24, 2.45) is 33.7 Å². The minimum atomic E-state index is 0.478. The molecule has 132 valence electrons. The van der Waals surface area contributed by atoms with Crippen LogP contribution in [-0.4, -0.2) is 18.1 Å². The maximum atomic E-state index is 4.90. The monoisotopic (exact) mass is 318 g/mol. The van der Waals surface area contributed by atoms with E-state index in [2.05, 4.69) is 33.7 Å². The van der Waals surface area contributed by atoms with E-state index >= 15 is 0 Å². The van der Waals surface area contributed by atoms with Gasteiger partial charge in [-0.2, -0.15) is 0 Å². The average molecular weight is 319 g/mol.